The molecule has 0 radical (unpaired) electrons. The van der Waals surface area contributed by atoms with E-state index in [4.69, 9.17) is 0 Å². The van der Waals surface area contributed by atoms with Crippen LogP contribution in [-0.4, -0.2) is 25.3 Å². The Kier molecular flexibility index (Phi) is 5.85. The van der Waals surface area contributed by atoms with Gasteiger partial charge in [-0.25, -0.2) is 13.9 Å². The zero-order chi connectivity index (χ0) is 22.0. The Morgan fingerprint density at radius 1 is 1.10 bits per heavy atom. The average molecular weight is 438 g/mol. The monoisotopic (exact) mass is 437 g/mol. The third-order valence-corrected chi connectivity index (χ3v) is 5.48. The first-order valence-corrected chi connectivity index (χ1v) is 10.5. The molecule has 0 bridgehead atoms. The van der Waals surface area contributed by atoms with Crippen LogP contribution in [0.2, 0.25) is 0 Å². The number of hydrogen-bond donors (Lipinski definition) is 1. The molecular weight excluding hydrogens is 417 g/mol. The lowest BCUT2D eigenvalue weighted by molar-refractivity contribution is -0.117. The molecule has 0 aliphatic carbocycles. The smallest absolute Gasteiger partial charge is 0.324 e. The molecule has 158 valence electrons. The number of nitrogens with zero attached hydrogens (tertiary/aromatic N) is 4. The lowest BCUT2D eigenvalue weighted by Crippen LogP contribution is -2.28. The van der Waals surface area contributed by atoms with Gasteiger partial charge in [0.05, 0.1) is 0 Å². The van der Waals surface area contributed by atoms with Gasteiger partial charge in [0, 0.05) is 10.6 Å². The number of halogens is 1. The lowest BCUT2D eigenvalue weighted by atomic mass is 10.0. The Hall–Kier alpha value is -3.46. The Balaban J connectivity index is 1.52. The molecule has 2 aromatic carbocycles. The van der Waals surface area contributed by atoms with Crippen molar-refractivity contribution >= 4 is 29.0 Å². The van der Waals surface area contributed by atoms with Crippen LogP contribution in [0.4, 0.5) is 10.1 Å². The first kappa shape index (κ1) is 20.8. The Morgan fingerprint density at radius 2 is 1.90 bits per heavy atom. The summed E-state index contributed by atoms with van der Waals surface area (Å²) in [6.07, 6.45) is 0. The zero-order valence-corrected chi connectivity index (χ0v) is 17.8. The van der Waals surface area contributed by atoms with E-state index in [0.717, 1.165) is 14.8 Å². The SMILES string of the molecule is CC(C)c1cccc(NC(=O)Cn2nc3ccc(Sc4cccc(F)c4)nn3c2=O)c1. The lowest BCUT2D eigenvalue weighted by Gasteiger charge is -2.09. The van der Waals surface area contributed by atoms with E-state index in [1.807, 2.05) is 18.2 Å². The van der Waals surface area contributed by atoms with E-state index in [2.05, 4.69) is 29.4 Å². The molecule has 4 rings (SSSR count). The summed E-state index contributed by atoms with van der Waals surface area (Å²) in [5.74, 6) is -0.370. The van der Waals surface area contributed by atoms with Crippen molar-refractivity contribution in [2.24, 2.45) is 0 Å². The maximum atomic E-state index is 13.4. The minimum atomic E-state index is -0.525. The largest absolute Gasteiger partial charge is 0.367 e. The molecule has 2 aromatic heterocycles. The molecular formula is C22H20FN5O2S. The molecule has 4 aromatic rings. The van der Waals surface area contributed by atoms with Crippen LogP contribution in [0.25, 0.3) is 5.65 Å². The van der Waals surface area contributed by atoms with Crippen molar-refractivity contribution in [1.82, 2.24) is 19.4 Å². The van der Waals surface area contributed by atoms with Gasteiger partial charge in [0.2, 0.25) is 5.91 Å². The van der Waals surface area contributed by atoms with Gasteiger partial charge in [-0.2, -0.15) is 9.61 Å². The third kappa shape index (κ3) is 4.83. The molecule has 0 aliphatic rings. The minimum Gasteiger partial charge on any atom is -0.324 e. The second-order valence-corrected chi connectivity index (χ2v) is 8.36. The number of carbonyl (C=O) groups excluding carboxylic acids is 1. The molecule has 1 N–H and O–H groups in total. The van der Waals surface area contributed by atoms with Crippen molar-refractivity contribution in [2.75, 3.05) is 5.32 Å². The summed E-state index contributed by atoms with van der Waals surface area (Å²) < 4.78 is 15.6. The summed E-state index contributed by atoms with van der Waals surface area (Å²) in [4.78, 5) is 25.8. The van der Waals surface area contributed by atoms with Crippen molar-refractivity contribution in [3.63, 3.8) is 0 Å². The van der Waals surface area contributed by atoms with E-state index in [0.29, 0.717) is 27.2 Å². The molecule has 7 nitrogen and oxygen atoms in total. The molecule has 0 spiro atoms. The second-order valence-electron chi connectivity index (χ2n) is 7.27. The number of aromatic nitrogens is 4. The average Bonchev–Trinajstić information content (AvgIpc) is 3.03. The van der Waals surface area contributed by atoms with E-state index in [1.54, 1.807) is 30.3 Å². The van der Waals surface area contributed by atoms with E-state index >= 15 is 0 Å². The first-order chi connectivity index (χ1) is 14.9. The van der Waals surface area contributed by atoms with E-state index in [-0.39, 0.29) is 18.3 Å². The van der Waals surface area contributed by atoms with Crippen molar-refractivity contribution in [1.29, 1.82) is 0 Å². The highest BCUT2D eigenvalue weighted by atomic mass is 32.2. The van der Waals surface area contributed by atoms with Gasteiger partial charge >= 0.3 is 5.69 Å². The molecule has 2 heterocycles. The van der Waals surface area contributed by atoms with Crippen LogP contribution in [0.3, 0.4) is 0 Å². The van der Waals surface area contributed by atoms with Gasteiger partial charge in [-0.3, -0.25) is 4.79 Å². The summed E-state index contributed by atoms with van der Waals surface area (Å²) in [7, 11) is 0. The quantitative estimate of drug-likeness (QED) is 0.494. The Bertz CT molecular complexity index is 1310. The van der Waals surface area contributed by atoms with Gasteiger partial charge in [-0.1, -0.05) is 43.8 Å². The molecule has 0 unspecified atom stereocenters. The van der Waals surface area contributed by atoms with Crippen molar-refractivity contribution in [2.45, 2.75) is 36.2 Å². The number of fused-ring (bicyclic) bond motifs is 1. The standard InChI is InChI=1S/C22H20FN5O2S/c1-14(2)15-5-3-7-17(11-15)24-20(29)13-27-22(30)28-19(25-27)9-10-21(26-28)31-18-8-4-6-16(23)12-18/h3-12,14H,13H2,1-2H3,(H,24,29). The Morgan fingerprint density at radius 3 is 2.68 bits per heavy atom. The summed E-state index contributed by atoms with van der Waals surface area (Å²) in [6, 6.07) is 17.0. The number of carbonyl (C=O) groups is 1. The van der Waals surface area contributed by atoms with Crippen LogP contribution >= 0.6 is 11.8 Å². The van der Waals surface area contributed by atoms with Gasteiger partial charge in [-0.15, -0.1) is 5.10 Å². The van der Waals surface area contributed by atoms with Crippen LogP contribution in [0.15, 0.2) is 75.4 Å². The fourth-order valence-corrected chi connectivity index (χ4v) is 3.83. The highest BCUT2D eigenvalue weighted by Crippen LogP contribution is 2.26. The van der Waals surface area contributed by atoms with Gasteiger partial charge < -0.3 is 5.32 Å². The van der Waals surface area contributed by atoms with Crippen LogP contribution in [0.5, 0.6) is 0 Å². The molecule has 0 saturated heterocycles. The van der Waals surface area contributed by atoms with Gasteiger partial charge in [0.15, 0.2) is 5.65 Å². The molecule has 9 heteroatoms. The van der Waals surface area contributed by atoms with Gasteiger partial charge in [0.25, 0.3) is 0 Å². The number of rotatable bonds is 6. The van der Waals surface area contributed by atoms with Gasteiger partial charge in [-0.05, 0) is 53.9 Å². The van der Waals surface area contributed by atoms with Crippen LogP contribution in [0.1, 0.15) is 25.3 Å². The van der Waals surface area contributed by atoms with Crippen molar-refractivity contribution < 1.29 is 9.18 Å². The number of hydrogen-bond acceptors (Lipinski definition) is 5. The summed E-state index contributed by atoms with van der Waals surface area (Å²) in [6.45, 7) is 3.91. The molecule has 0 saturated carbocycles. The number of nitrogens with one attached hydrogen (secondary N) is 1. The second kappa shape index (κ2) is 8.73. The van der Waals surface area contributed by atoms with Gasteiger partial charge in [0.1, 0.15) is 17.4 Å². The Labute approximate surface area is 181 Å². The maximum Gasteiger partial charge on any atom is 0.367 e. The third-order valence-electron chi connectivity index (χ3n) is 4.56. The predicted octanol–water partition coefficient (Wildman–Crippen LogP) is 3.94. The van der Waals surface area contributed by atoms with Crippen LogP contribution in [0, 0.1) is 5.82 Å². The van der Waals surface area contributed by atoms with Crippen molar-refractivity contribution in [3.05, 3.63) is 82.5 Å². The summed E-state index contributed by atoms with van der Waals surface area (Å²) in [5.41, 5.74) is 1.57. The zero-order valence-electron chi connectivity index (χ0n) is 16.9. The molecule has 0 atom stereocenters. The predicted molar refractivity (Wildman–Crippen MR) is 117 cm³/mol. The topological polar surface area (TPSA) is 81.3 Å². The first-order valence-electron chi connectivity index (χ1n) is 9.69. The van der Waals surface area contributed by atoms with E-state index in [1.165, 1.54) is 23.9 Å². The van der Waals surface area contributed by atoms with Crippen LogP contribution in [-0.2, 0) is 11.3 Å². The van der Waals surface area contributed by atoms with E-state index in [9.17, 15) is 14.0 Å². The molecule has 0 aliphatic heterocycles. The number of benzene rings is 2. The number of anilines is 1. The summed E-state index contributed by atoms with van der Waals surface area (Å²) >= 11 is 1.23. The summed E-state index contributed by atoms with van der Waals surface area (Å²) in [5, 5.41) is 11.8. The normalized spacial score (nSPS) is 11.2. The molecule has 0 fully saturated rings. The molecule has 1 amide bonds. The fraction of sp³-hybridized carbons (Fsp3) is 0.182. The minimum absolute atomic E-state index is 0.236. The highest BCUT2D eigenvalue weighted by molar-refractivity contribution is 7.99. The van der Waals surface area contributed by atoms with Crippen LogP contribution < -0.4 is 11.0 Å². The molecule has 31 heavy (non-hydrogen) atoms. The number of amides is 1. The van der Waals surface area contributed by atoms with E-state index < -0.39 is 5.69 Å². The fourth-order valence-electron chi connectivity index (χ4n) is 3.01. The highest BCUT2D eigenvalue weighted by Gasteiger charge is 2.13. The maximum absolute atomic E-state index is 13.4. The van der Waals surface area contributed by atoms with Crippen molar-refractivity contribution in [3.8, 4) is 0 Å².